The average Bonchev–Trinajstić information content (AvgIpc) is 2.87. The Morgan fingerprint density at radius 3 is 3.00 bits per heavy atom. The zero-order valence-electron chi connectivity index (χ0n) is 11.9. The molecule has 1 aromatic rings. The Hall–Kier alpha value is -0.900. The summed E-state index contributed by atoms with van der Waals surface area (Å²) in [6.45, 7) is 7.74. The molecule has 2 aliphatic rings. The number of benzene rings is 1. The highest BCUT2D eigenvalue weighted by molar-refractivity contribution is 5.25. The van der Waals surface area contributed by atoms with E-state index in [9.17, 15) is 0 Å². The van der Waals surface area contributed by atoms with Crippen molar-refractivity contribution in [1.29, 1.82) is 0 Å². The molecule has 3 rings (SSSR count). The topological polar surface area (TPSA) is 32.5 Å². The summed E-state index contributed by atoms with van der Waals surface area (Å²) in [6, 6.07) is 9.99. The quantitative estimate of drug-likeness (QED) is 0.898. The third-order valence-electron chi connectivity index (χ3n) is 4.71. The van der Waals surface area contributed by atoms with Crippen LogP contribution in [0.2, 0.25) is 0 Å². The summed E-state index contributed by atoms with van der Waals surface area (Å²) in [5, 5.41) is 0. The maximum absolute atomic E-state index is 6.07. The first kappa shape index (κ1) is 13.1. The molecule has 0 saturated carbocycles. The van der Waals surface area contributed by atoms with Crippen LogP contribution in [0.1, 0.15) is 30.0 Å². The van der Waals surface area contributed by atoms with Gasteiger partial charge < -0.3 is 5.73 Å². The molecule has 2 atom stereocenters. The van der Waals surface area contributed by atoms with Crippen LogP contribution >= 0.6 is 0 Å². The lowest BCUT2D eigenvalue weighted by molar-refractivity contribution is 0.0737. The van der Waals surface area contributed by atoms with Crippen LogP contribution in [0.15, 0.2) is 24.3 Å². The molecule has 0 aliphatic carbocycles. The molecule has 1 aromatic carbocycles. The van der Waals surface area contributed by atoms with Gasteiger partial charge in [0.1, 0.15) is 0 Å². The van der Waals surface area contributed by atoms with Crippen LogP contribution in [-0.2, 0) is 0 Å². The number of rotatable bonds is 3. The number of piperazine rings is 1. The lowest BCUT2D eigenvalue weighted by Crippen LogP contribution is -2.52. The maximum Gasteiger partial charge on any atom is 0.0471 e. The molecule has 3 nitrogen and oxygen atoms in total. The van der Waals surface area contributed by atoms with E-state index < -0.39 is 0 Å². The lowest BCUT2D eigenvalue weighted by Gasteiger charge is -2.41. The molecule has 0 spiro atoms. The van der Waals surface area contributed by atoms with Crippen molar-refractivity contribution < 1.29 is 0 Å². The summed E-state index contributed by atoms with van der Waals surface area (Å²) in [6.07, 6.45) is 2.73. The van der Waals surface area contributed by atoms with Crippen molar-refractivity contribution >= 4 is 0 Å². The number of aryl methyl sites for hydroxylation is 1. The standard InChI is InChI=1S/C16H25N3/c1-13-4-2-5-14(10-13)16(11-17)19-9-8-18-7-3-6-15(18)12-19/h2,4-5,10,15-16H,3,6-9,11-12,17H2,1H3. The van der Waals surface area contributed by atoms with E-state index in [1.807, 2.05) is 0 Å². The predicted molar refractivity (Wildman–Crippen MR) is 79.1 cm³/mol. The van der Waals surface area contributed by atoms with Gasteiger partial charge >= 0.3 is 0 Å². The van der Waals surface area contributed by atoms with Gasteiger partial charge in [-0.25, -0.2) is 0 Å². The molecule has 0 bridgehead atoms. The van der Waals surface area contributed by atoms with Crippen LogP contribution in [0, 0.1) is 6.92 Å². The van der Waals surface area contributed by atoms with E-state index in [1.165, 1.54) is 43.6 Å². The summed E-state index contributed by atoms with van der Waals surface area (Å²) >= 11 is 0. The molecule has 19 heavy (non-hydrogen) atoms. The molecule has 2 unspecified atom stereocenters. The highest BCUT2D eigenvalue weighted by Gasteiger charge is 2.33. The summed E-state index contributed by atoms with van der Waals surface area (Å²) in [5.74, 6) is 0. The van der Waals surface area contributed by atoms with Crippen LogP contribution in [0.25, 0.3) is 0 Å². The second-order valence-corrected chi connectivity index (χ2v) is 5.99. The van der Waals surface area contributed by atoms with Gasteiger partial charge in [-0.2, -0.15) is 0 Å². The minimum atomic E-state index is 0.391. The van der Waals surface area contributed by atoms with Crippen molar-refractivity contribution in [2.24, 2.45) is 5.73 Å². The Morgan fingerprint density at radius 1 is 1.32 bits per heavy atom. The third kappa shape index (κ3) is 2.69. The van der Waals surface area contributed by atoms with Crippen molar-refractivity contribution in [1.82, 2.24) is 9.80 Å². The fourth-order valence-corrected chi connectivity index (χ4v) is 3.67. The summed E-state index contributed by atoms with van der Waals surface area (Å²) in [7, 11) is 0. The Bertz CT molecular complexity index is 432. The van der Waals surface area contributed by atoms with E-state index in [-0.39, 0.29) is 0 Å². The monoisotopic (exact) mass is 259 g/mol. The highest BCUT2D eigenvalue weighted by Crippen LogP contribution is 2.27. The van der Waals surface area contributed by atoms with E-state index in [2.05, 4.69) is 41.0 Å². The normalized spacial score (nSPS) is 26.3. The molecule has 2 fully saturated rings. The van der Waals surface area contributed by atoms with Gasteiger partial charge in [0.2, 0.25) is 0 Å². The first-order valence-corrected chi connectivity index (χ1v) is 7.52. The van der Waals surface area contributed by atoms with Crippen molar-refractivity contribution in [2.75, 3.05) is 32.7 Å². The van der Waals surface area contributed by atoms with E-state index >= 15 is 0 Å². The number of hydrogen-bond donors (Lipinski definition) is 1. The maximum atomic E-state index is 6.07. The van der Waals surface area contributed by atoms with E-state index in [0.717, 1.165) is 19.1 Å². The molecular formula is C16H25N3. The number of nitrogens with zero attached hydrogens (tertiary/aromatic N) is 2. The fourth-order valence-electron chi connectivity index (χ4n) is 3.67. The van der Waals surface area contributed by atoms with Gasteiger partial charge in [0, 0.05) is 38.3 Å². The molecule has 0 aromatic heterocycles. The van der Waals surface area contributed by atoms with Crippen LogP contribution in [0.4, 0.5) is 0 Å². The van der Waals surface area contributed by atoms with Crippen molar-refractivity contribution in [3.63, 3.8) is 0 Å². The van der Waals surface area contributed by atoms with Gasteiger partial charge in [-0.1, -0.05) is 29.8 Å². The minimum Gasteiger partial charge on any atom is -0.329 e. The summed E-state index contributed by atoms with van der Waals surface area (Å²) in [4.78, 5) is 5.25. The SMILES string of the molecule is Cc1cccc(C(CN)N2CCN3CCCC3C2)c1. The Morgan fingerprint density at radius 2 is 2.21 bits per heavy atom. The third-order valence-corrected chi connectivity index (χ3v) is 4.71. The van der Waals surface area contributed by atoms with Crippen LogP contribution in [-0.4, -0.2) is 48.6 Å². The van der Waals surface area contributed by atoms with Crippen molar-refractivity contribution in [3.8, 4) is 0 Å². The Kier molecular flexibility index (Phi) is 3.87. The van der Waals surface area contributed by atoms with E-state index in [0.29, 0.717) is 6.04 Å². The lowest BCUT2D eigenvalue weighted by atomic mass is 10.0. The molecule has 0 amide bonds. The molecule has 2 aliphatic heterocycles. The second-order valence-electron chi connectivity index (χ2n) is 5.99. The smallest absolute Gasteiger partial charge is 0.0471 e. The molecule has 3 heteroatoms. The highest BCUT2D eigenvalue weighted by atomic mass is 15.3. The van der Waals surface area contributed by atoms with Gasteiger partial charge in [-0.15, -0.1) is 0 Å². The zero-order valence-corrected chi connectivity index (χ0v) is 11.9. The summed E-state index contributed by atoms with van der Waals surface area (Å²) < 4.78 is 0. The van der Waals surface area contributed by atoms with Gasteiger partial charge in [-0.05, 0) is 31.9 Å². The minimum absolute atomic E-state index is 0.391. The number of fused-ring (bicyclic) bond motifs is 1. The van der Waals surface area contributed by atoms with Crippen LogP contribution in [0.5, 0.6) is 0 Å². The second kappa shape index (κ2) is 5.61. The molecule has 2 N–H and O–H groups in total. The van der Waals surface area contributed by atoms with Crippen molar-refractivity contribution in [2.45, 2.75) is 31.8 Å². The Balaban J connectivity index is 1.75. The molecule has 0 radical (unpaired) electrons. The first-order valence-electron chi connectivity index (χ1n) is 7.52. The zero-order chi connectivity index (χ0) is 13.2. The average molecular weight is 259 g/mol. The summed E-state index contributed by atoms with van der Waals surface area (Å²) in [5.41, 5.74) is 8.78. The Labute approximate surface area is 116 Å². The van der Waals surface area contributed by atoms with E-state index in [4.69, 9.17) is 5.73 Å². The van der Waals surface area contributed by atoms with E-state index in [1.54, 1.807) is 0 Å². The van der Waals surface area contributed by atoms with Gasteiger partial charge in [-0.3, -0.25) is 9.80 Å². The van der Waals surface area contributed by atoms with Gasteiger partial charge in [0.15, 0.2) is 0 Å². The number of hydrogen-bond acceptors (Lipinski definition) is 3. The van der Waals surface area contributed by atoms with Gasteiger partial charge in [0.05, 0.1) is 0 Å². The van der Waals surface area contributed by atoms with Crippen LogP contribution in [0.3, 0.4) is 0 Å². The first-order chi connectivity index (χ1) is 9.28. The molecular weight excluding hydrogens is 234 g/mol. The largest absolute Gasteiger partial charge is 0.329 e. The van der Waals surface area contributed by atoms with Gasteiger partial charge in [0.25, 0.3) is 0 Å². The fraction of sp³-hybridized carbons (Fsp3) is 0.625. The predicted octanol–water partition coefficient (Wildman–Crippen LogP) is 1.77. The number of nitrogens with two attached hydrogens (primary N) is 1. The van der Waals surface area contributed by atoms with Crippen LogP contribution < -0.4 is 5.73 Å². The molecule has 2 saturated heterocycles. The molecule has 2 heterocycles. The molecule has 104 valence electrons. The van der Waals surface area contributed by atoms with Crippen molar-refractivity contribution in [3.05, 3.63) is 35.4 Å².